The zero-order valence-electron chi connectivity index (χ0n) is 15.5. The third-order valence-electron chi connectivity index (χ3n) is 5.33. The molecule has 2 heterocycles. The van der Waals surface area contributed by atoms with Crippen molar-refractivity contribution in [2.45, 2.75) is 38.1 Å². The first-order valence-electron chi connectivity index (χ1n) is 9.80. The van der Waals surface area contributed by atoms with Crippen molar-refractivity contribution in [3.05, 3.63) is 41.8 Å². The summed E-state index contributed by atoms with van der Waals surface area (Å²) in [4.78, 5) is 14.8. The van der Waals surface area contributed by atoms with E-state index in [0.717, 1.165) is 55.8 Å². The fourth-order valence-corrected chi connectivity index (χ4v) is 4.68. The Morgan fingerprint density at radius 2 is 1.93 bits per heavy atom. The van der Waals surface area contributed by atoms with Crippen LogP contribution in [-0.4, -0.2) is 40.7 Å². The highest BCUT2D eigenvalue weighted by Gasteiger charge is 2.28. The van der Waals surface area contributed by atoms with E-state index in [1.807, 2.05) is 30.0 Å². The Morgan fingerprint density at radius 1 is 1.19 bits per heavy atom. The molecule has 7 heteroatoms. The Balaban J connectivity index is 1.51. The average molecular weight is 387 g/mol. The normalized spacial score (nSPS) is 19.2. The standard InChI is InChI=1S/C20H26N4O2S/c25-18(16-8-4-5-9-16)21-17(14-15-6-2-1-3-7-15)19-22-23-20(26-19)24-10-12-27-13-11-24/h1-3,6-7,16-17H,4-5,8-14H2,(H,21,25). The number of anilines is 1. The number of carbonyl (C=O) groups excluding carboxylic acids is 1. The van der Waals surface area contributed by atoms with Crippen LogP contribution in [0.2, 0.25) is 0 Å². The molecule has 1 saturated heterocycles. The number of rotatable bonds is 6. The lowest BCUT2D eigenvalue weighted by atomic mass is 10.0. The van der Waals surface area contributed by atoms with Crippen molar-refractivity contribution in [2.24, 2.45) is 5.92 Å². The van der Waals surface area contributed by atoms with Crippen LogP contribution in [0.3, 0.4) is 0 Å². The van der Waals surface area contributed by atoms with Gasteiger partial charge in [-0.25, -0.2) is 0 Å². The maximum absolute atomic E-state index is 12.7. The summed E-state index contributed by atoms with van der Waals surface area (Å²) >= 11 is 1.94. The van der Waals surface area contributed by atoms with Gasteiger partial charge in [0.1, 0.15) is 6.04 Å². The first kappa shape index (κ1) is 18.3. The van der Waals surface area contributed by atoms with Gasteiger partial charge in [0, 0.05) is 36.9 Å². The highest BCUT2D eigenvalue weighted by atomic mass is 32.2. The van der Waals surface area contributed by atoms with E-state index in [-0.39, 0.29) is 17.9 Å². The first-order chi connectivity index (χ1) is 13.3. The lowest BCUT2D eigenvalue weighted by molar-refractivity contribution is -0.125. The Morgan fingerprint density at radius 3 is 2.67 bits per heavy atom. The molecule has 1 aromatic carbocycles. The van der Waals surface area contributed by atoms with Crippen LogP contribution in [0.15, 0.2) is 34.7 Å². The molecule has 2 aliphatic rings. The molecule has 4 rings (SSSR count). The Labute approximate surface area is 164 Å². The monoisotopic (exact) mass is 386 g/mol. The summed E-state index contributed by atoms with van der Waals surface area (Å²) in [6.07, 6.45) is 4.88. The van der Waals surface area contributed by atoms with Gasteiger partial charge in [0.2, 0.25) is 11.8 Å². The van der Waals surface area contributed by atoms with Crippen molar-refractivity contribution in [3.63, 3.8) is 0 Å². The molecule has 0 radical (unpaired) electrons. The lowest BCUT2D eigenvalue weighted by Crippen LogP contribution is -2.34. The summed E-state index contributed by atoms with van der Waals surface area (Å²) < 4.78 is 6.00. The van der Waals surface area contributed by atoms with Crippen molar-refractivity contribution < 1.29 is 9.21 Å². The van der Waals surface area contributed by atoms with Crippen LogP contribution < -0.4 is 10.2 Å². The quantitative estimate of drug-likeness (QED) is 0.822. The number of nitrogens with zero attached hydrogens (tertiary/aromatic N) is 3. The average Bonchev–Trinajstić information content (AvgIpc) is 3.41. The van der Waals surface area contributed by atoms with Gasteiger partial charge in [-0.1, -0.05) is 48.3 Å². The van der Waals surface area contributed by atoms with Crippen LogP contribution >= 0.6 is 11.8 Å². The molecule has 144 valence electrons. The molecule has 27 heavy (non-hydrogen) atoms. The van der Waals surface area contributed by atoms with Crippen molar-refractivity contribution >= 4 is 23.7 Å². The van der Waals surface area contributed by atoms with Gasteiger partial charge >= 0.3 is 6.01 Å². The molecule has 1 saturated carbocycles. The smallest absolute Gasteiger partial charge is 0.318 e. The predicted octanol–water partition coefficient (Wildman–Crippen LogP) is 3.21. The molecule has 1 aliphatic carbocycles. The van der Waals surface area contributed by atoms with Crippen molar-refractivity contribution in [2.75, 3.05) is 29.5 Å². The van der Waals surface area contributed by atoms with Crippen LogP contribution in [0.4, 0.5) is 6.01 Å². The van der Waals surface area contributed by atoms with Crippen molar-refractivity contribution in [1.82, 2.24) is 15.5 Å². The summed E-state index contributed by atoms with van der Waals surface area (Å²) in [6.45, 7) is 1.84. The number of carbonyl (C=O) groups is 1. The summed E-state index contributed by atoms with van der Waals surface area (Å²) in [5.41, 5.74) is 1.14. The molecular weight excluding hydrogens is 360 g/mol. The summed E-state index contributed by atoms with van der Waals surface area (Å²) in [6, 6.07) is 10.4. The molecule has 1 unspecified atom stereocenters. The highest BCUT2D eigenvalue weighted by Crippen LogP contribution is 2.27. The Kier molecular flexibility index (Phi) is 5.97. The van der Waals surface area contributed by atoms with Crippen molar-refractivity contribution in [1.29, 1.82) is 0 Å². The van der Waals surface area contributed by atoms with Crippen LogP contribution in [0.1, 0.15) is 43.2 Å². The molecule has 1 aromatic heterocycles. The van der Waals surface area contributed by atoms with Crippen LogP contribution in [0, 0.1) is 5.92 Å². The predicted molar refractivity (Wildman–Crippen MR) is 107 cm³/mol. The van der Waals surface area contributed by atoms with Crippen LogP contribution in [-0.2, 0) is 11.2 Å². The number of nitrogens with one attached hydrogen (secondary N) is 1. The second-order valence-electron chi connectivity index (χ2n) is 7.25. The van der Waals surface area contributed by atoms with Gasteiger partial charge in [-0.05, 0) is 18.4 Å². The van der Waals surface area contributed by atoms with E-state index in [1.165, 1.54) is 0 Å². The van der Waals surface area contributed by atoms with E-state index in [0.29, 0.717) is 18.3 Å². The molecule has 6 nitrogen and oxygen atoms in total. The third-order valence-corrected chi connectivity index (χ3v) is 6.28. The minimum absolute atomic E-state index is 0.113. The largest absolute Gasteiger partial charge is 0.406 e. The van der Waals surface area contributed by atoms with Crippen molar-refractivity contribution in [3.8, 4) is 0 Å². The fraction of sp³-hybridized carbons (Fsp3) is 0.550. The first-order valence-corrected chi connectivity index (χ1v) is 11.0. The molecule has 1 N–H and O–H groups in total. The lowest BCUT2D eigenvalue weighted by Gasteiger charge is -2.24. The summed E-state index contributed by atoms with van der Waals surface area (Å²) in [5.74, 6) is 2.87. The molecule has 0 spiro atoms. The summed E-state index contributed by atoms with van der Waals surface area (Å²) in [5, 5.41) is 11.7. The van der Waals surface area contributed by atoms with Gasteiger partial charge in [-0.2, -0.15) is 11.8 Å². The van der Waals surface area contributed by atoms with Gasteiger partial charge in [0.05, 0.1) is 0 Å². The number of hydrogen-bond acceptors (Lipinski definition) is 6. The topological polar surface area (TPSA) is 71.3 Å². The number of hydrogen-bond donors (Lipinski definition) is 1. The van der Waals surface area contributed by atoms with Gasteiger partial charge in [0.15, 0.2) is 0 Å². The SMILES string of the molecule is O=C(NC(Cc1ccccc1)c1nnc(N2CCSCC2)o1)C1CCCC1. The number of amides is 1. The maximum Gasteiger partial charge on any atom is 0.318 e. The molecule has 1 amide bonds. The fourth-order valence-electron chi connectivity index (χ4n) is 3.78. The van der Waals surface area contributed by atoms with E-state index < -0.39 is 0 Å². The number of benzene rings is 1. The van der Waals surface area contributed by atoms with E-state index in [4.69, 9.17) is 4.42 Å². The molecule has 0 bridgehead atoms. The van der Waals surface area contributed by atoms with Crippen LogP contribution in [0.5, 0.6) is 0 Å². The van der Waals surface area contributed by atoms with E-state index >= 15 is 0 Å². The van der Waals surface area contributed by atoms with E-state index in [2.05, 4.69) is 32.5 Å². The highest BCUT2D eigenvalue weighted by molar-refractivity contribution is 7.99. The maximum atomic E-state index is 12.7. The van der Waals surface area contributed by atoms with Gasteiger partial charge in [-0.3, -0.25) is 4.79 Å². The Hall–Kier alpha value is -2.02. The zero-order chi connectivity index (χ0) is 18.5. The van der Waals surface area contributed by atoms with Gasteiger partial charge in [-0.15, -0.1) is 5.10 Å². The number of thioether (sulfide) groups is 1. The zero-order valence-corrected chi connectivity index (χ0v) is 16.3. The summed E-state index contributed by atoms with van der Waals surface area (Å²) in [7, 11) is 0. The molecule has 1 atom stereocenters. The third kappa shape index (κ3) is 4.64. The van der Waals surface area contributed by atoms with Crippen LogP contribution in [0.25, 0.3) is 0 Å². The molecule has 2 fully saturated rings. The minimum atomic E-state index is -0.291. The number of aromatic nitrogens is 2. The second kappa shape index (κ2) is 8.78. The molecule has 1 aliphatic heterocycles. The van der Waals surface area contributed by atoms with Gasteiger partial charge < -0.3 is 14.6 Å². The Bertz CT molecular complexity index is 739. The van der Waals surface area contributed by atoms with Gasteiger partial charge in [0.25, 0.3) is 0 Å². The van der Waals surface area contributed by atoms with E-state index in [1.54, 1.807) is 0 Å². The minimum Gasteiger partial charge on any atom is -0.406 e. The molecule has 2 aromatic rings. The van der Waals surface area contributed by atoms with E-state index in [9.17, 15) is 4.79 Å². The molecular formula is C20H26N4O2S. The second-order valence-corrected chi connectivity index (χ2v) is 8.48.